The number of rotatable bonds is 4. The second kappa shape index (κ2) is 5.78. The minimum Gasteiger partial charge on any atom is -0.478 e. The molecule has 2 N–H and O–H groups in total. The number of aromatic carboxylic acids is 1. The van der Waals surface area contributed by atoms with E-state index < -0.39 is 27.4 Å². The van der Waals surface area contributed by atoms with Gasteiger partial charge in [-0.25, -0.2) is 17.6 Å². The van der Waals surface area contributed by atoms with E-state index in [4.69, 9.17) is 5.11 Å². The number of pyridine rings is 1. The Kier molecular flexibility index (Phi) is 4.24. The third kappa shape index (κ3) is 3.56. The lowest BCUT2D eigenvalue weighted by atomic mass is 10.2. The monoisotopic (exact) mass is 374 g/mol. The van der Waals surface area contributed by atoms with E-state index in [1.54, 1.807) is 0 Å². The fraction of sp³-hybridized carbons (Fsp3) is 0. The molecule has 1 heterocycles. The number of hydrogen-bond acceptors (Lipinski definition) is 4. The predicted octanol–water partition coefficient (Wildman–Crippen LogP) is 2.48. The third-order valence-electron chi connectivity index (χ3n) is 2.44. The first-order chi connectivity index (χ1) is 9.79. The average Bonchev–Trinajstić information content (AvgIpc) is 2.40. The summed E-state index contributed by atoms with van der Waals surface area (Å²) >= 11 is 3.10. The van der Waals surface area contributed by atoms with Gasteiger partial charge in [0.25, 0.3) is 10.0 Å². The molecule has 2 aromatic rings. The first kappa shape index (κ1) is 15.4. The normalized spacial score (nSPS) is 11.1. The number of carboxylic acids is 1. The number of carboxylic acid groups (broad SMARTS) is 1. The van der Waals surface area contributed by atoms with Gasteiger partial charge in [0, 0.05) is 22.6 Å². The zero-order chi connectivity index (χ0) is 15.6. The molecule has 0 aliphatic rings. The number of halogens is 2. The topological polar surface area (TPSA) is 96.4 Å². The van der Waals surface area contributed by atoms with E-state index in [2.05, 4.69) is 25.6 Å². The van der Waals surface area contributed by atoms with E-state index in [1.807, 2.05) is 0 Å². The van der Waals surface area contributed by atoms with Crippen LogP contribution in [0.1, 0.15) is 10.4 Å². The van der Waals surface area contributed by atoms with E-state index in [0.29, 0.717) is 4.47 Å². The highest BCUT2D eigenvalue weighted by molar-refractivity contribution is 9.10. The molecular formula is C12H8BrFN2O4S. The van der Waals surface area contributed by atoms with Gasteiger partial charge in [0.2, 0.25) is 0 Å². The Hall–Kier alpha value is -2.00. The van der Waals surface area contributed by atoms with Gasteiger partial charge < -0.3 is 5.11 Å². The molecular weight excluding hydrogens is 367 g/mol. The first-order valence-corrected chi connectivity index (χ1v) is 7.73. The van der Waals surface area contributed by atoms with E-state index in [0.717, 1.165) is 24.4 Å². The fourth-order valence-corrected chi connectivity index (χ4v) is 3.06. The van der Waals surface area contributed by atoms with E-state index in [1.165, 1.54) is 12.3 Å². The lowest BCUT2D eigenvalue weighted by Crippen LogP contribution is -2.14. The molecule has 0 fully saturated rings. The number of sulfonamides is 1. The number of benzene rings is 1. The molecule has 0 radical (unpaired) electrons. The third-order valence-corrected chi connectivity index (χ3v) is 4.22. The molecule has 0 saturated carbocycles. The van der Waals surface area contributed by atoms with Crippen LogP contribution < -0.4 is 4.72 Å². The van der Waals surface area contributed by atoms with Crippen molar-refractivity contribution in [3.8, 4) is 0 Å². The predicted molar refractivity (Wildman–Crippen MR) is 76.1 cm³/mol. The molecule has 21 heavy (non-hydrogen) atoms. The maximum Gasteiger partial charge on any atom is 0.338 e. The van der Waals surface area contributed by atoms with Crippen molar-refractivity contribution in [3.63, 3.8) is 0 Å². The maximum atomic E-state index is 13.3. The van der Waals surface area contributed by atoms with Gasteiger partial charge in [0.1, 0.15) is 10.7 Å². The summed E-state index contributed by atoms with van der Waals surface area (Å²) in [7, 11) is -3.95. The van der Waals surface area contributed by atoms with Gasteiger partial charge in [0.15, 0.2) is 0 Å². The van der Waals surface area contributed by atoms with Crippen LogP contribution >= 0.6 is 15.9 Å². The van der Waals surface area contributed by atoms with Gasteiger partial charge in [-0.15, -0.1) is 0 Å². The molecule has 0 spiro atoms. The summed E-state index contributed by atoms with van der Waals surface area (Å²) in [5, 5.41) is 8.81. The second-order valence-electron chi connectivity index (χ2n) is 3.94. The molecule has 0 aliphatic carbocycles. The van der Waals surface area contributed by atoms with Crippen LogP contribution in [0, 0.1) is 5.82 Å². The molecule has 6 nitrogen and oxygen atoms in total. The van der Waals surface area contributed by atoms with Crippen molar-refractivity contribution < 1.29 is 22.7 Å². The van der Waals surface area contributed by atoms with Crippen molar-refractivity contribution in [1.82, 2.24) is 4.98 Å². The molecule has 1 aromatic carbocycles. The summed E-state index contributed by atoms with van der Waals surface area (Å²) in [6, 6.07) is 4.24. The number of carbonyl (C=O) groups is 1. The summed E-state index contributed by atoms with van der Waals surface area (Å²) < 4.78 is 40.1. The molecule has 0 saturated heterocycles. The Morgan fingerprint density at radius 3 is 2.62 bits per heavy atom. The smallest absolute Gasteiger partial charge is 0.338 e. The van der Waals surface area contributed by atoms with Crippen LogP contribution in [0.2, 0.25) is 0 Å². The molecule has 2 rings (SSSR count). The number of nitrogens with zero attached hydrogens (tertiary/aromatic N) is 1. The Balaban J connectivity index is 2.37. The summed E-state index contributed by atoms with van der Waals surface area (Å²) in [6.07, 6.45) is 2.55. The quantitative estimate of drug-likeness (QED) is 0.856. The van der Waals surface area contributed by atoms with Gasteiger partial charge in [-0.05, 0) is 40.2 Å². The number of nitrogens with one attached hydrogen (secondary N) is 1. The van der Waals surface area contributed by atoms with Gasteiger partial charge in [-0.1, -0.05) is 0 Å². The highest BCUT2D eigenvalue weighted by Gasteiger charge is 2.17. The zero-order valence-electron chi connectivity index (χ0n) is 10.2. The molecule has 1 aromatic heterocycles. The lowest BCUT2D eigenvalue weighted by molar-refractivity contribution is 0.0692. The minimum atomic E-state index is -3.95. The lowest BCUT2D eigenvalue weighted by Gasteiger charge is -2.09. The summed E-state index contributed by atoms with van der Waals surface area (Å²) in [6.45, 7) is 0. The molecule has 110 valence electrons. The average molecular weight is 375 g/mol. The highest BCUT2D eigenvalue weighted by atomic mass is 79.9. The Labute approximate surface area is 127 Å². The Bertz CT molecular complexity index is 811. The van der Waals surface area contributed by atoms with E-state index in [9.17, 15) is 17.6 Å². The summed E-state index contributed by atoms with van der Waals surface area (Å²) in [4.78, 5) is 14.4. The SMILES string of the molecule is O=C(O)c1cc(NS(=O)(=O)c2cncc(Br)c2)ccc1F. The van der Waals surface area contributed by atoms with Crippen LogP contribution in [0.5, 0.6) is 0 Å². The number of aromatic nitrogens is 1. The van der Waals surface area contributed by atoms with Gasteiger partial charge in [-0.3, -0.25) is 9.71 Å². The van der Waals surface area contributed by atoms with Crippen molar-refractivity contribution in [2.45, 2.75) is 4.90 Å². The fourth-order valence-electron chi connectivity index (χ4n) is 1.51. The molecule has 0 amide bonds. The minimum absolute atomic E-state index is 0.0613. The van der Waals surface area contributed by atoms with Gasteiger partial charge in [-0.2, -0.15) is 0 Å². The Morgan fingerprint density at radius 1 is 1.29 bits per heavy atom. The molecule has 0 aliphatic heterocycles. The van der Waals surface area contributed by atoms with Crippen LogP contribution in [0.25, 0.3) is 0 Å². The van der Waals surface area contributed by atoms with Crippen molar-refractivity contribution in [1.29, 1.82) is 0 Å². The first-order valence-electron chi connectivity index (χ1n) is 5.46. The van der Waals surface area contributed by atoms with Crippen molar-refractivity contribution in [3.05, 3.63) is 52.5 Å². The van der Waals surface area contributed by atoms with Crippen LogP contribution in [0.3, 0.4) is 0 Å². The summed E-state index contributed by atoms with van der Waals surface area (Å²) in [5.74, 6) is -2.44. The zero-order valence-corrected chi connectivity index (χ0v) is 12.6. The molecule has 0 unspecified atom stereocenters. The Morgan fingerprint density at radius 2 is 2.00 bits per heavy atom. The highest BCUT2D eigenvalue weighted by Crippen LogP contribution is 2.20. The van der Waals surface area contributed by atoms with Crippen LogP contribution in [0.15, 0.2) is 46.0 Å². The molecule has 0 atom stereocenters. The van der Waals surface area contributed by atoms with E-state index >= 15 is 0 Å². The number of anilines is 1. The maximum absolute atomic E-state index is 13.3. The molecule has 9 heteroatoms. The largest absolute Gasteiger partial charge is 0.478 e. The van der Waals surface area contributed by atoms with Gasteiger partial charge in [0.05, 0.1) is 5.56 Å². The standard InChI is InChI=1S/C12H8BrFN2O4S/c13-7-3-9(6-15-5-7)21(19,20)16-8-1-2-11(14)10(4-8)12(17)18/h1-6,16H,(H,17,18). The van der Waals surface area contributed by atoms with Gasteiger partial charge >= 0.3 is 5.97 Å². The van der Waals surface area contributed by atoms with Crippen LogP contribution in [0.4, 0.5) is 10.1 Å². The van der Waals surface area contributed by atoms with E-state index in [-0.39, 0.29) is 10.6 Å². The summed E-state index contributed by atoms with van der Waals surface area (Å²) in [5.41, 5.74) is -0.684. The van der Waals surface area contributed by atoms with Crippen molar-refractivity contribution in [2.75, 3.05) is 4.72 Å². The van der Waals surface area contributed by atoms with Crippen molar-refractivity contribution >= 4 is 37.6 Å². The second-order valence-corrected chi connectivity index (χ2v) is 6.54. The van der Waals surface area contributed by atoms with Crippen LogP contribution in [-0.2, 0) is 10.0 Å². The van der Waals surface area contributed by atoms with Crippen LogP contribution in [-0.4, -0.2) is 24.5 Å². The van der Waals surface area contributed by atoms with Crippen molar-refractivity contribution in [2.24, 2.45) is 0 Å². The molecule has 0 bridgehead atoms. The number of hydrogen-bond donors (Lipinski definition) is 2.